The zero-order valence-electron chi connectivity index (χ0n) is 18.8. The van der Waals surface area contributed by atoms with Gasteiger partial charge in [0.05, 0.1) is 12.2 Å². The molecule has 1 amide bonds. The van der Waals surface area contributed by atoms with Crippen LogP contribution in [0.1, 0.15) is 52.6 Å². The van der Waals surface area contributed by atoms with Crippen LogP contribution in [0.4, 0.5) is 5.69 Å². The van der Waals surface area contributed by atoms with E-state index >= 15 is 0 Å². The van der Waals surface area contributed by atoms with Crippen LogP contribution in [0.3, 0.4) is 0 Å². The molecular formula is C26H32N4O. The number of aryl methyl sites for hydroxylation is 2. The highest BCUT2D eigenvalue weighted by atomic mass is 16.1. The Balaban J connectivity index is 1.30. The molecule has 162 valence electrons. The standard InChI is InChI=1S/C26H32N4O/c1-19-5-4-14-29(17-19)25-12-8-22(9-13-25)16-27-26(31)24-10-6-23(7-11-24)18-30-21(3)15-20(2)28-30/h6-13,15,19H,4-5,14,16-18H2,1-3H3,(H,27,31)/t19-/m1/s1. The fourth-order valence-corrected chi connectivity index (χ4v) is 4.30. The number of aromatic nitrogens is 2. The van der Waals surface area contributed by atoms with Crippen LogP contribution in [0.2, 0.25) is 0 Å². The lowest BCUT2D eigenvalue weighted by atomic mass is 9.99. The number of carbonyl (C=O) groups excluding carboxylic acids is 1. The van der Waals surface area contributed by atoms with E-state index in [1.165, 1.54) is 18.5 Å². The van der Waals surface area contributed by atoms with Gasteiger partial charge in [0.15, 0.2) is 0 Å². The van der Waals surface area contributed by atoms with Crippen LogP contribution in [0.15, 0.2) is 54.6 Å². The molecule has 1 fully saturated rings. The zero-order valence-corrected chi connectivity index (χ0v) is 18.8. The second kappa shape index (κ2) is 9.38. The second-order valence-corrected chi connectivity index (χ2v) is 8.82. The summed E-state index contributed by atoms with van der Waals surface area (Å²) < 4.78 is 1.98. The van der Waals surface area contributed by atoms with Crippen molar-refractivity contribution in [2.75, 3.05) is 18.0 Å². The first-order valence-electron chi connectivity index (χ1n) is 11.2. The summed E-state index contributed by atoms with van der Waals surface area (Å²) in [5.41, 5.74) is 6.36. The molecule has 1 N–H and O–H groups in total. The third kappa shape index (κ3) is 5.35. The summed E-state index contributed by atoms with van der Waals surface area (Å²) in [5.74, 6) is 0.707. The predicted octanol–water partition coefficient (Wildman–Crippen LogP) is 4.71. The van der Waals surface area contributed by atoms with Crippen molar-refractivity contribution in [2.24, 2.45) is 5.92 Å². The third-order valence-corrected chi connectivity index (χ3v) is 6.06. The topological polar surface area (TPSA) is 50.2 Å². The highest BCUT2D eigenvalue weighted by Gasteiger charge is 2.16. The van der Waals surface area contributed by atoms with Gasteiger partial charge in [-0.1, -0.05) is 31.2 Å². The third-order valence-electron chi connectivity index (χ3n) is 6.06. The largest absolute Gasteiger partial charge is 0.371 e. The first-order valence-corrected chi connectivity index (χ1v) is 11.2. The van der Waals surface area contributed by atoms with Crippen LogP contribution in [-0.2, 0) is 13.1 Å². The fraction of sp³-hybridized carbons (Fsp3) is 0.385. The molecule has 0 radical (unpaired) electrons. The number of rotatable bonds is 6. The van der Waals surface area contributed by atoms with Crippen molar-refractivity contribution >= 4 is 11.6 Å². The summed E-state index contributed by atoms with van der Waals surface area (Å²) in [6.07, 6.45) is 2.59. The Labute approximate surface area is 185 Å². The summed E-state index contributed by atoms with van der Waals surface area (Å²) >= 11 is 0. The molecule has 31 heavy (non-hydrogen) atoms. The summed E-state index contributed by atoms with van der Waals surface area (Å²) in [6.45, 7) is 9.89. The molecule has 1 aliphatic rings. The van der Waals surface area contributed by atoms with Crippen LogP contribution < -0.4 is 10.2 Å². The van der Waals surface area contributed by atoms with Gasteiger partial charge in [0.25, 0.3) is 5.91 Å². The quantitative estimate of drug-likeness (QED) is 0.633. The van der Waals surface area contributed by atoms with Crippen LogP contribution in [0, 0.1) is 19.8 Å². The van der Waals surface area contributed by atoms with E-state index in [-0.39, 0.29) is 5.91 Å². The van der Waals surface area contributed by atoms with Gasteiger partial charge in [-0.05, 0) is 74.1 Å². The van der Waals surface area contributed by atoms with E-state index < -0.39 is 0 Å². The Bertz CT molecular complexity index is 1020. The molecule has 0 aliphatic carbocycles. The van der Waals surface area contributed by atoms with Gasteiger partial charge in [-0.15, -0.1) is 0 Å². The Kier molecular flexibility index (Phi) is 6.40. The molecule has 1 aliphatic heterocycles. The minimum Gasteiger partial charge on any atom is -0.371 e. The van der Waals surface area contributed by atoms with Crippen molar-refractivity contribution in [2.45, 2.75) is 46.7 Å². The van der Waals surface area contributed by atoms with Crippen molar-refractivity contribution in [1.82, 2.24) is 15.1 Å². The van der Waals surface area contributed by atoms with Crippen LogP contribution in [-0.4, -0.2) is 28.8 Å². The molecule has 0 saturated carbocycles. The molecule has 1 saturated heterocycles. The van der Waals surface area contributed by atoms with Gasteiger partial charge < -0.3 is 10.2 Å². The maximum absolute atomic E-state index is 12.6. The smallest absolute Gasteiger partial charge is 0.251 e. The monoisotopic (exact) mass is 416 g/mol. The van der Waals surface area contributed by atoms with Crippen molar-refractivity contribution < 1.29 is 4.79 Å². The molecule has 4 rings (SSSR count). The van der Waals surface area contributed by atoms with Crippen molar-refractivity contribution in [3.63, 3.8) is 0 Å². The highest BCUT2D eigenvalue weighted by molar-refractivity contribution is 5.94. The Morgan fingerprint density at radius 2 is 1.77 bits per heavy atom. The fourth-order valence-electron chi connectivity index (χ4n) is 4.30. The number of piperidine rings is 1. The maximum Gasteiger partial charge on any atom is 0.251 e. The van der Waals surface area contributed by atoms with Crippen molar-refractivity contribution in [1.29, 1.82) is 0 Å². The number of hydrogen-bond donors (Lipinski definition) is 1. The minimum absolute atomic E-state index is 0.0494. The van der Waals surface area contributed by atoms with E-state index in [2.05, 4.69) is 59.5 Å². The number of carbonyl (C=O) groups is 1. The van der Waals surface area contributed by atoms with Crippen LogP contribution in [0.25, 0.3) is 0 Å². The van der Waals surface area contributed by atoms with Gasteiger partial charge in [-0.25, -0.2) is 0 Å². The van der Waals surface area contributed by atoms with Gasteiger partial charge in [0, 0.05) is 36.6 Å². The predicted molar refractivity (Wildman–Crippen MR) is 125 cm³/mol. The maximum atomic E-state index is 12.6. The summed E-state index contributed by atoms with van der Waals surface area (Å²) in [6, 6.07) is 18.4. The molecule has 0 spiro atoms. The average molecular weight is 417 g/mol. The van der Waals surface area contributed by atoms with Crippen molar-refractivity contribution in [3.8, 4) is 0 Å². The SMILES string of the molecule is Cc1cc(C)n(Cc2ccc(C(=O)NCc3ccc(N4CCC[C@@H](C)C4)cc3)cc2)n1. The second-order valence-electron chi connectivity index (χ2n) is 8.82. The first kappa shape index (κ1) is 21.2. The van der Waals surface area contributed by atoms with E-state index in [1.54, 1.807) is 0 Å². The Morgan fingerprint density at radius 1 is 1.06 bits per heavy atom. The molecular weight excluding hydrogens is 384 g/mol. The Morgan fingerprint density at radius 3 is 2.42 bits per heavy atom. The van der Waals surface area contributed by atoms with E-state index in [4.69, 9.17) is 0 Å². The highest BCUT2D eigenvalue weighted by Crippen LogP contribution is 2.23. The lowest BCUT2D eigenvalue weighted by Gasteiger charge is -2.32. The van der Waals surface area contributed by atoms with Gasteiger partial charge in [-0.2, -0.15) is 5.10 Å². The van der Waals surface area contributed by atoms with Gasteiger partial charge >= 0.3 is 0 Å². The molecule has 2 heterocycles. The first-order chi connectivity index (χ1) is 15.0. The number of anilines is 1. The number of benzene rings is 2. The average Bonchev–Trinajstić information content (AvgIpc) is 3.09. The minimum atomic E-state index is -0.0494. The molecule has 1 atom stereocenters. The number of hydrogen-bond acceptors (Lipinski definition) is 3. The Hall–Kier alpha value is -3.08. The molecule has 5 heteroatoms. The van der Waals surface area contributed by atoms with E-state index in [0.717, 1.165) is 41.5 Å². The zero-order chi connectivity index (χ0) is 21.8. The van der Waals surface area contributed by atoms with E-state index in [1.807, 2.05) is 35.9 Å². The van der Waals surface area contributed by atoms with Crippen molar-refractivity contribution in [3.05, 3.63) is 82.7 Å². The molecule has 5 nitrogen and oxygen atoms in total. The van der Waals surface area contributed by atoms with Gasteiger partial charge in [0.2, 0.25) is 0 Å². The lowest BCUT2D eigenvalue weighted by Crippen LogP contribution is -2.34. The van der Waals surface area contributed by atoms with Crippen LogP contribution >= 0.6 is 0 Å². The molecule has 1 aromatic heterocycles. The summed E-state index contributed by atoms with van der Waals surface area (Å²) in [5, 5.41) is 7.53. The van der Waals surface area contributed by atoms with Crippen LogP contribution in [0.5, 0.6) is 0 Å². The van der Waals surface area contributed by atoms with E-state index in [9.17, 15) is 4.79 Å². The molecule has 0 bridgehead atoms. The lowest BCUT2D eigenvalue weighted by molar-refractivity contribution is 0.0951. The molecule has 3 aromatic rings. The number of amides is 1. The summed E-state index contributed by atoms with van der Waals surface area (Å²) in [4.78, 5) is 15.0. The molecule has 2 aromatic carbocycles. The normalized spacial score (nSPS) is 16.4. The molecule has 0 unspecified atom stereocenters. The summed E-state index contributed by atoms with van der Waals surface area (Å²) in [7, 11) is 0. The van der Waals surface area contributed by atoms with Gasteiger partial charge in [0.1, 0.15) is 0 Å². The van der Waals surface area contributed by atoms with Gasteiger partial charge in [-0.3, -0.25) is 9.48 Å². The number of nitrogens with one attached hydrogen (secondary N) is 1. The number of nitrogens with zero attached hydrogens (tertiary/aromatic N) is 3. The van der Waals surface area contributed by atoms with E-state index in [0.29, 0.717) is 18.7 Å².